The molecule has 1 saturated carbocycles. The van der Waals surface area contributed by atoms with Crippen LogP contribution in [0.3, 0.4) is 0 Å². The number of nitrogens with zero attached hydrogens (tertiary/aromatic N) is 3. The van der Waals surface area contributed by atoms with Crippen molar-refractivity contribution in [2.24, 2.45) is 0 Å². The van der Waals surface area contributed by atoms with Gasteiger partial charge in [0, 0.05) is 17.2 Å². The Kier molecular flexibility index (Phi) is 5.49. The van der Waals surface area contributed by atoms with Gasteiger partial charge >= 0.3 is 0 Å². The SMILES string of the molecule is CC(=O)c1cccc(NC(=O)[C@@H](C)Sc2nc(C3CC3)n(-c3ccccc3)n2)c1. The zero-order valence-electron chi connectivity index (χ0n) is 16.3. The smallest absolute Gasteiger partial charge is 0.237 e. The van der Waals surface area contributed by atoms with E-state index in [-0.39, 0.29) is 16.9 Å². The molecule has 0 bridgehead atoms. The second kappa shape index (κ2) is 8.21. The third-order valence-corrected chi connectivity index (χ3v) is 5.70. The Balaban J connectivity index is 1.48. The highest BCUT2D eigenvalue weighted by atomic mass is 32.2. The second-order valence-electron chi connectivity index (χ2n) is 7.16. The van der Waals surface area contributed by atoms with Gasteiger partial charge in [-0.1, -0.05) is 42.1 Å². The molecule has 1 aliphatic carbocycles. The first-order valence-electron chi connectivity index (χ1n) is 9.62. The van der Waals surface area contributed by atoms with Crippen molar-refractivity contribution in [2.75, 3.05) is 5.32 Å². The van der Waals surface area contributed by atoms with Crippen LogP contribution in [0.25, 0.3) is 5.69 Å². The van der Waals surface area contributed by atoms with E-state index in [1.54, 1.807) is 24.3 Å². The summed E-state index contributed by atoms with van der Waals surface area (Å²) in [6, 6.07) is 16.9. The third-order valence-electron chi connectivity index (χ3n) is 4.74. The van der Waals surface area contributed by atoms with Gasteiger partial charge in [-0.05, 0) is 51.0 Å². The van der Waals surface area contributed by atoms with Gasteiger partial charge in [0.15, 0.2) is 5.78 Å². The highest BCUT2D eigenvalue weighted by Crippen LogP contribution is 2.40. The van der Waals surface area contributed by atoms with Crippen LogP contribution >= 0.6 is 11.8 Å². The molecule has 2 aromatic carbocycles. The van der Waals surface area contributed by atoms with E-state index in [1.165, 1.54) is 18.7 Å². The van der Waals surface area contributed by atoms with Gasteiger partial charge in [0.25, 0.3) is 0 Å². The van der Waals surface area contributed by atoms with Crippen LogP contribution in [0.5, 0.6) is 0 Å². The molecule has 1 aliphatic rings. The van der Waals surface area contributed by atoms with E-state index in [9.17, 15) is 9.59 Å². The van der Waals surface area contributed by atoms with Crippen LogP contribution < -0.4 is 5.32 Å². The third kappa shape index (κ3) is 4.56. The Labute approximate surface area is 173 Å². The number of hydrogen-bond donors (Lipinski definition) is 1. The molecule has 3 aromatic rings. The first kappa shape index (κ1) is 19.4. The molecule has 0 radical (unpaired) electrons. The van der Waals surface area contributed by atoms with Gasteiger partial charge in [-0.15, -0.1) is 5.10 Å². The average Bonchev–Trinajstić information content (AvgIpc) is 3.49. The summed E-state index contributed by atoms with van der Waals surface area (Å²) in [4.78, 5) is 28.9. The molecular weight excluding hydrogens is 384 g/mol. The lowest BCUT2D eigenvalue weighted by Crippen LogP contribution is -2.22. The maximum atomic E-state index is 12.6. The molecule has 0 spiro atoms. The zero-order chi connectivity index (χ0) is 20.4. The van der Waals surface area contributed by atoms with E-state index in [1.807, 2.05) is 41.9 Å². The number of para-hydroxylation sites is 1. The van der Waals surface area contributed by atoms with Crippen molar-refractivity contribution in [1.29, 1.82) is 0 Å². The van der Waals surface area contributed by atoms with Gasteiger partial charge in [-0.2, -0.15) is 0 Å². The van der Waals surface area contributed by atoms with Gasteiger partial charge in [-0.25, -0.2) is 9.67 Å². The summed E-state index contributed by atoms with van der Waals surface area (Å²) in [5, 5.41) is 7.74. The zero-order valence-corrected chi connectivity index (χ0v) is 17.1. The van der Waals surface area contributed by atoms with E-state index >= 15 is 0 Å². The van der Waals surface area contributed by atoms with Crippen molar-refractivity contribution < 1.29 is 9.59 Å². The standard InChI is InChI=1S/C22H22N4O2S/c1-14(27)17-7-6-8-18(13-17)23-21(28)15(2)29-22-24-20(16-11-12-16)26(25-22)19-9-4-3-5-10-19/h3-10,13,15-16H,11-12H2,1-2H3,(H,23,28)/t15-/m1/s1. The van der Waals surface area contributed by atoms with Crippen molar-refractivity contribution in [2.45, 2.75) is 43.0 Å². The number of carbonyl (C=O) groups is 2. The van der Waals surface area contributed by atoms with E-state index in [4.69, 9.17) is 4.98 Å². The molecule has 4 rings (SSSR count). The van der Waals surface area contributed by atoms with E-state index in [2.05, 4.69) is 10.4 Å². The topological polar surface area (TPSA) is 76.9 Å². The number of benzene rings is 2. The normalized spacial score (nSPS) is 14.4. The Hall–Kier alpha value is -2.93. The van der Waals surface area contributed by atoms with E-state index < -0.39 is 0 Å². The summed E-state index contributed by atoms with van der Waals surface area (Å²) in [6.45, 7) is 3.33. The largest absolute Gasteiger partial charge is 0.325 e. The molecule has 29 heavy (non-hydrogen) atoms. The number of thioether (sulfide) groups is 1. The molecule has 1 fully saturated rings. The summed E-state index contributed by atoms with van der Waals surface area (Å²) in [5.74, 6) is 1.21. The number of aromatic nitrogens is 3. The fourth-order valence-corrected chi connectivity index (χ4v) is 3.75. The highest BCUT2D eigenvalue weighted by Gasteiger charge is 2.31. The van der Waals surface area contributed by atoms with Crippen LogP contribution in [-0.2, 0) is 4.79 Å². The first-order valence-corrected chi connectivity index (χ1v) is 10.5. The fourth-order valence-electron chi connectivity index (χ4n) is 2.99. The molecule has 1 N–H and O–H groups in total. The van der Waals surface area contributed by atoms with Crippen LogP contribution in [0.15, 0.2) is 59.8 Å². The predicted molar refractivity (Wildman–Crippen MR) is 114 cm³/mol. The Morgan fingerprint density at radius 2 is 1.90 bits per heavy atom. The fraction of sp³-hybridized carbons (Fsp3) is 0.273. The lowest BCUT2D eigenvalue weighted by molar-refractivity contribution is -0.115. The van der Waals surface area contributed by atoms with Crippen molar-refractivity contribution in [3.63, 3.8) is 0 Å². The second-order valence-corrected chi connectivity index (χ2v) is 8.47. The molecule has 1 aromatic heterocycles. The maximum Gasteiger partial charge on any atom is 0.237 e. The summed E-state index contributed by atoms with van der Waals surface area (Å²) in [6.07, 6.45) is 2.25. The minimum Gasteiger partial charge on any atom is -0.325 e. The van der Waals surface area contributed by atoms with Crippen molar-refractivity contribution in [3.05, 3.63) is 66.0 Å². The number of ketones is 1. The van der Waals surface area contributed by atoms with Crippen LogP contribution in [0.2, 0.25) is 0 Å². The minimum atomic E-state index is -0.380. The Morgan fingerprint density at radius 1 is 1.14 bits per heavy atom. The van der Waals surface area contributed by atoms with Crippen molar-refractivity contribution in [1.82, 2.24) is 14.8 Å². The molecule has 1 heterocycles. The number of Topliss-reactive ketones (excluding diaryl/α,β-unsaturated/α-hetero) is 1. The quantitative estimate of drug-likeness (QED) is 0.463. The van der Waals surface area contributed by atoms with Gasteiger partial charge in [0.1, 0.15) is 5.82 Å². The predicted octanol–water partition coefficient (Wildman–Crippen LogP) is 4.47. The number of anilines is 1. The molecule has 148 valence electrons. The van der Waals surface area contributed by atoms with Crippen LogP contribution in [0.4, 0.5) is 5.69 Å². The molecular formula is C22H22N4O2S. The summed E-state index contributed by atoms with van der Waals surface area (Å²) < 4.78 is 1.89. The van der Waals surface area contributed by atoms with Crippen molar-refractivity contribution in [3.8, 4) is 5.69 Å². The number of hydrogen-bond acceptors (Lipinski definition) is 5. The van der Waals surface area contributed by atoms with Gasteiger partial charge in [0.2, 0.25) is 11.1 Å². The number of amides is 1. The Morgan fingerprint density at radius 3 is 2.59 bits per heavy atom. The average molecular weight is 407 g/mol. The molecule has 0 aliphatic heterocycles. The van der Waals surface area contributed by atoms with Crippen LogP contribution in [0.1, 0.15) is 48.8 Å². The van der Waals surface area contributed by atoms with Gasteiger partial charge in [0.05, 0.1) is 10.9 Å². The lowest BCUT2D eigenvalue weighted by atomic mass is 10.1. The summed E-state index contributed by atoms with van der Waals surface area (Å²) in [5.41, 5.74) is 2.16. The molecule has 0 unspecified atom stereocenters. The van der Waals surface area contributed by atoms with E-state index in [0.29, 0.717) is 22.3 Å². The van der Waals surface area contributed by atoms with Crippen LogP contribution in [-0.4, -0.2) is 31.7 Å². The highest BCUT2D eigenvalue weighted by molar-refractivity contribution is 8.00. The van der Waals surface area contributed by atoms with Crippen LogP contribution in [0, 0.1) is 0 Å². The monoisotopic (exact) mass is 406 g/mol. The summed E-state index contributed by atoms with van der Waals surface area (Å²) >= 11 is 1.33. The molecule has 1 amide bonds. The molecule has 1 atom stereocenters. The lowest BCUT2D eigenvalue weighted by Gasteiger charge is -2.10. The first-order chi connectivity index (χ1) is 14.0. The van der Waals surface area contributed by atoms with Gasteiger partial charge in [-0.3, -0.25) is 9.59 Å². The number of rotatable bonds is 7. The maximum absolute atomic E-state index is 12.6. The molecule has 7 heteroatoms. The molecule has 0 saturated heterocycles. The summed E-state index contributed by atoms with van der Waals surface area (Å²) in [7, 11) is 0. The number of nitrogens with one attached hydrogen (secondary N) is 1. The number of carbonyl (C=O) groups excluding carboxylic acids is 2. The Bertz CT molecular complexity index is 1040. The van der Waals surface area contributed by atoms with Gasteiger partial charge < -0.3 is 5.32 Å². The van der Waals surface area contributed by atoms with Crippen molar-refractivity contribution >= 4 is 29.1 Å². The van der Waals surface area contributed by atoms with E-state index in [0.717, 1.165) is 24.4 Å². The molecule has 6 nitrogen and oxygen atoms in total. The minimum absolute atomic E-state index is 0.0354.